The number of aliphatic hydroxyl groups excluding tert-OH is 1. The summed E-state index contributed by atoms with van der Waals surface area (Å²) in [6.07, 6.45) is 4.49. The molecule has 0 spiro atoms. The number of hydrogen-bond acceptors (Lipinski definition) is 17. The lowest BCUT2D eigenvalue weighted by molar-refractivity contribution is -0.869. The summed E-state index contributed by atoms with van der Waals surface area (Å²) in [6, 6.07) is 0. The maximum Gasteiger partial charge on any atom is 0.253 e. The fourth-order valence-electron chi connectivity index (χ4n) is 2.45. The van der Waals surface area contributed by atoms with Gasteiger partial charge in [-0.3, -0.25) is 19.3 Å². The summed E-state index contributed by atoms with van der Waals surface area (Å²) in [5.41, 5.74) is -0.971. The molecule has 0 bridgehead atoms. The second-order valence-corrected chi connectivity index (χ2v) is 6.83. The first-order valence-corrected chi connectivity index (χ1v) is 9.57. The first kappa shape index (κ1) is 30.0. The Labute approximate surface area is 191 Å². The van der Waals surface area contributed by atoms with Gasteiger partial charge in [-0.05, 0) is 68.3 Å². The number of unbranched alkanes of at least 4 members (excludes halogenated alkanes) is 2. The molecule has 18 nitrogen and oxygen atoms in total. The van der Waals surface area contributed by atoms with E-state index in [-0.39, 0.29) is 43.7 Å². The van der Waals surface area contributed by atoms with Crippen LogP contribution in [0.4, 0.5) is 0 Å². The number of Topliss-reactive ketones (excluding diaryl/α,β-unsaturated/α-hetero) is 1. The molecule has 0 saturated carbocycles. The Bertz CT molecular complexity index is 613. The van der Waals surface area contributed by atoms with Crippen LogP contribution in [0, 0.1) is 5.41 Å². The highest BCUT2D eigenvalue weighted by Crippen LogP contribution is 2.23. The fraction of sp³-hybridized carbons (Fsp3) is 0.688. The minimum Gasteiger partial charge on any atom is -0.396 e. The van der Waals surface area contributed by atoms with Crippen LogP contribution in [0.2, 0.25) is 0 Å². The molecule has 1 N–H and O–H groups in total. The molecule has 34 heavy (non-hydrogen) atoms. The molecule has 2 amide bonds. The van der Waals surface area contributed by atoms with Crippen LogP contribution in [0.5, 0.6) is 0 Å². The Morgan fingerprint density at radius 2 is 1.38 bits per heavy atom. The van der Waals surface area contributed by atoms with Gasteiger partial charge in [-0.1, -0.05) is 13.3 Å². The quantitative estimate of drug-likeness (QED) is 0.0861. The first-order valence-electron chi connectivity index (χ1n) is 9.57. The third-order valence-electron chi connectivity index (χ3n) is 4.04. The molecule has 1 rings (SSSR count). The average molecular weight is 503 g/mol. The summed E-state index contributed by atoms with van der Waals surface area (Å²) >= 11 is 0. The fourth-order valence-corrected chi connectivity index (χ4v) is 2.45. The number of carbonyl (C=O) groups is 3. The molecule has 1 aliphatic rings. The van der Waals surface area contributed by atoms with Crippen molar-refractivity contribution >= 4 is 17.6 Å². The van der Waals surface area contributed by atoms with E-state index >= 15 is 0 Å². The predicted octanol–water partition coefficient (Wildman–Crippen LogP) is 0.255. The second kappa shape index (κ2) is 18.3. The summed E-state index contributed by atoms with van der Waals surface area (Å²) in [7, 11) is 1.11. The van der Waals surface area contributed by atoms with Gasteiger partial charge in [0.1, 0.15) is 5.78 Å². The van der Waals surface area contributed by atoms with Crippen LogP contribution < -0.4 is 0 Å². The van der Waals surface area contributed by atoms with Gasteiger partial charge in [0.2, 0.25) is 0 Å². The number of ketones is 1. The lowest BCUT2D eigenvalue weighted by Gasteiger charge is -2.24. The number of nitrogens with zero attached hydrogens (tertiary/aromatic N) is 1. The van der Waals surface area contributed by atoms with Gasteiger partial charge in [-0.2, -0.15) is 0 Å². The van der Waals surface area contributed by atoms with E-state index in [1.54, 1.807) is 6.92 Å². The van der Waals surface area contributed by atoms with Gasteiger partial charge in [-0.25, -0.2) is 9.78 Å². The van der Waals surface area contributed by atoms with Crippen LogP contribution in [-0.2, 0) is 79.6 Å². The van der Waals surface area contributed by atoms with E-state index in [2.05, 4.69) is 65.2 Å². The van der Waals surface area contributed by atoms with Crippen molar-refractivity contribution in [3.05, 3.63) is 12.2 Å². The zero-order valence-electron chi connectivity index (χ0n) is 18.2. The normalized spacial score (nSPS) is 15.3. The Morgan fingerprint density at radius 3 is 1.91 bits per heavy atom. The minimum absolute atomic E-state index is 0.00721. The predicted molar refractivity (Wildman–Crippen MR) is 94.0 cm³/mol. The summed E-state index contributed by atoms with van der Waals surface area (Å²) in [5.74, 6) is -0.789. The van der Waals surface area contributed by atoms with Gasteiger partial charge in [0, 0.05) is 37.0 Å². The molecule has 0 aromatic rings. The maximum absolute atomic E-state index is 12.2. The lowest BCUT2D eigenvalue weighted by Crippen LogP contribution is -2.31. The third kappa shape index (κ3) is 13.6. The zero-order valence-corrected chi connectivity index (χ0v) is 18.2. The van der Waals surface area contributed by atoms with E-state index in [0.29, 0.717) is 25.8 Å². The van der Waals surface area contributed by atoms with Crippen molar-refractivity contribution in [2.24, 2.45) is 5.41 Å². The van der Waals surface area contributed by atoms with Crippen LogP contribution in [-0.4, -0.2) is 54.5 Å². The van der Waals surface area contributed by atoms with E-state index in [4.69, 9.17) is 0 Å². The van der Waals surface area contributed by atoms with Crippen LogP contribution in [0.3, 0.4) is 0 Å². The third-order valence-corrected chi connectivity index (χ3v) is 4.04. The van der Waals surface area contributed by atoms with Crippen molar-refractivity contribution < 1.29 is 84.7 Å². The Morgan fingerprint density at radius 1 is 0.853 bits per heavy atom. The monoisotopic (exact) mass is 503 g/mol. The van der Waals surface area contributed by atoms with Gasteiger partial charge in [0.15, 0.2) is 0 Å². The van der Waals surface area contributed by atoms with E-state index < -0.39 is 5.41 Å². The van der Waals surface area contributed by atoms with Crippen molar-refractivity contribution in [1.29, 1.82) is 0 Å². The van der Waals surface area contributed by atoms with Crippen molar-refractivity contribution in [1.82, 2.24) is 4.90 Å². The van der Waals surface area contributed by atoms with Gasteiger partial charge in [0.05, 0.1) is 20.3 Å². The Balaban J connectivity index is 2.01. The summed E-state index contributed by atoms with van der Waals surface area (Å²) < 4.78 is 0. The molecular weight excluding hydrogens is 478 g/mol. The molecule has 0 aliphatic carbocycles. The number of imide groups is 1. The number of carbonyl (C=O) groups excluding carboxylic acids is 3. The minimum atomic E-state index is -0.971. The average Bonchev–Trinajstić information content (AvgIpc) is 3.14. The molecule has 0 radical (unpaired) electrons. The highest BCUT2D eigenvalue weighted by atomic mass is 18.0. The van der Waals surface area contributed by atoms with Crippen molar-refractivity contribution in [3.63, 3.8) is 0 Å². The van der Waals surface area contributed by atoms with Crippen LogP contribution in [0.25, 0.3) is 0 Å². The lowest BCUT2D eigenvalue weighted by atomic mass is 9.85. The smallest absolute Gasteiger partial charge is 0.253 e. The topological polar surface area (TPSA) is 195 Å². The standard InChI is InChI=1S/C16H25NO17/c1-16(11-18,12-23-25-27-29-31-33-34-32-30-28-26-24-22-2)10-13(19)6-4-3-5-9-17-14(20)7-8-15(17)21/h7-8,18H,3-6,9-12H2,1-2H3. The molecule has 0 saturated heterocycles. The van der Waals surface area contributed by atoms with Crippen LogP contribution in [0.15, 0.2) is 12.2 Å². The van der Waals surface area contributed by atoms with Gasteiger partial charge < -0.3 is 5.11 Å². The number of amides is 2. The molecule has 1 heterocycles. The van der Waals surface area contributed by atoms with Crippen molar-refractivity contribution in [2.45, 2.75) is 39.0 Å². The van der Waals surface area contributed by atoms with Crippen LogP contribution >= 0.6 is 0 Å². The van der Waals surface area contributed by atoms with E-state index in [1.165, 1.54) is 12.2 Å². The largest absolute Gasteiger partial charge is 0.396 e. The van der Waals surface area contributed by atoms with E-state index in [0.717, 1.165) is 12.0 Å². The molecular formula is C16H25NO17. The SMILES string of the molecule is COOOOOOOOOOOOOCC(C)(CO)CC(=O)CCCCCN1C(=O)C=CC1=O. The Kier molecular flexibility index (Phi) is 16.2. The summed E-state index contributed by atoms with van der Waals surface area (Å²) in [4.78, 5) is 44.8. The Hall–Kier alpha value is -2.01. The van der Waals surface area contributed by atoms with Crippen molar-refractivity contribution in [2.75, 3.05) is 26.9 Å². The highest BCUT2D eigenvalue weighted by Gasteiger charge is 2.28. The summed E-state index contributed by atoms with van der Waals surface area (Å²) in [6.45, 7) is 1.25. The van der Waals surface area contributed by atoms with Gasteiger partial charge in [-0.15, -0.1) is 0 Å². The molecule has 0 fully saturated rings. The molecule has 196 valence electrons. The van der Waals surface area contributed by atoms with Crippen molar-refractivity contribution in [3.8, 4) is 0 Å². The van der Waals surface area contributed by atoms with E-state index in [1.807, 2.05) is 0 Å². The molecule has 0 aromatic heterocycles. The number of aliphatic hydroxyl groups is 1. The second-order valence-electron chi connectivity index (χ2n) is 6.83. The zero-order chi connectivity index (χ0) is 25.1. The molecule has 1 unspecified atom stereocenters. The maximum atomic E-state index is 12.2. The molecule has 18 heteroatoms. The number of rotatable bonds is 23. The van der Waals surface area contributed by atoms with Gasteiger partial charge in [0.25, 0.3) is 11.8 Å². The molecule has 1 aliphatic heterocycles. The summed E-state index contributed by atoms with van der Waals surface area (Å²) in [5, 5.41) is 50.9. The number of hydrogen-bond donors (Lipinski definition) is 1. The first-order chi connectivity index (χ1) is 16.4. The highest BCUT2D eigenvalue weighted by molar-refractivity contribution is 6.12. The van der Waals surface area contributed by atoms with Gasteiger partial charge >= 0.3 is 0 Å². The van der Waals surface area contributed by atoms with E-state index in [9.17, 15) is 19.5 Å². The molecule has 0 aromatic carbocycles. The molecule has 1 atom stereocenters. The van der Waals surface area contributed by atoms with Crippen LogP contribution in [0.1, 0.15) is 39.0 Å².